The van der Waals surface area contributed by atoms with Crippen molar-refractivity contribution in [1.82, 2.24) is 9.80 Å². The summed E-state index contributed by atoms with van der Waals surface area (Å²) in [5.74, 6) is -0.839. The van der Waals surface area contributed by atoms with E-state index in [1.165, 1.54) is 29.2 Å². The fraction of sp³-hybridized carbons (Fsp3) is 0.323. The summed E-state index contributed by atoms with van der Waals surface area (Å²) in [5, 5.41) is 15.5. The van der Waals surface area contributed by atoms with Gasteiger partial charge in [-0.15, -0.1) is 0 Å². The van der Waals surface area contributed by atoms with Crippen LogP contribution in [0, 0.1) is 11.7 Å². The third kappa shape index (κ3) is 7.61. The summed E-state index contributed by atoms with van der Waals surface area (Å²) in [6, 6.07) is 18.8. The molecule has 0 bridgehead atoms. The number of aliphatic hydroxyl groups excluding tert-OH is 1. The number of hydrogen-bond donors (Lipinski definition) is 3. The fourth-order valence-electron chi connectivity index (χ4n) is 4.61. The first kappa shape index (κ1) is 29.5. The molecule has 4 rings (SSSR count). The zero-order valence-electron chi connectivity index (χ0n) is 23.3. The first-order valence-corrected chi connectivity index (χ1v) is 13.5. The van der Waals surface area contributed by atoms with Crippen molar-refractivity contribution in [2.45, 2.75) is 32.4 Å². The van der Waals surface area contributed by atoms with Crippen molar-refractivity contribution in [3.8, 4) is 5.75 Å². The van der Waals surface area contributed by atoms with Gasteiger partial charge in [0, 0.05) is 30.9 Å². The van der Waals surface area contributed by atoms with Crippen molar-refractivity contribution in [2.75, 3.05) is 37.4 Å². The number of ether oxygens (including phenoxy) is 1. The molecule has 0 aliphatic carbocycles. The number of anilines is 2. The van der Waals surface area contributed by atoms with Gasteiger partial charge in [-0.3, -0.25) is 9.59 Å². The van der Waals surface area contributed by atoms with Gasteiger partial charge in [0.1, 0.15) is 17.7 Å². The minimum atomic E-state index is -0.502. The largest absolute Gasteiger partial charge is 0.487 e. The zero-order valence-corrected chi connectivity index (χ0v) is 23.3. The number of benzene rings is 3. The molecular weight excluding hydrogens is 527 g/mol. The molecule has 0 radical (unpaired) electrons. The Morgan fingerprint density at radius 2 is 1.76 bits per heavy atom. The topological polar surface area (TPSA) is 111 Å². The minimum absolute atomic E-state index is 0.182. The number of carbonyl (C=O) groups is 3. The molecule has 3 aromatic rings. The third-order valence-corrected chi connectivity index (χ3v) is 7.05. The number of nitrogens with one attached hydrogen (secondary N) is 2. The molecule has 1 aliphatic rings. The molecule has 4 amide bonds. The Labute approximate surface area is 238 Å². The summed E-state index contributed by atoms with van der Waals surface area (Å²) in [4.78, 5) is 42.2. The number of halogens is 1. The van der Waals surface area contributed by atoms with Crippen LogP contribution in [-0.2, 0) is 11.2 Å². The highest BCUT2D eigenvalue weighted by Crippen LogP contribution is 2.31. The van der Waals surface area contributed by atoms with Crippen molar-refractivity contribution in [3.63, 3.8) is 0 Å². The van der Waals surface area contributed by atoms with E-state index in [9.17, 15) is 23.9 Å². The molecule has 3 aromatic carbocycles. The second kappa shape index (κ2) is 13.3. The van der Waals surface area contributed by atoms with Crippen LogP contribution < -0.4 is 15.4 Å². The van der Waals surface area contributed by atoms with Gasteiger partial charge in [-0.2, -0.15) is 0 Å². The Morgan fingerprint density at radius 3 is 2.44 bits per heavy atom. The summed E-state index contributed by atoms with van der Waals surface area (Å²) in [7, 11) is 1.62. The van der Waals surface area contributed by atoms with Gasteiger partial charge in [-0.05, 0) is 55.0 Å². The molecule has 41 heavy (non-hydrogen) atoms. The molecule has 3 N–H and O–H groups in total. The van der Waals surface area contributed by atoms with Gasteiger partial charge in [-0.1, -0.05) is 37.3 Å². The number of amides is 4. The van der Waals surface area contributed by atoms with Gasteiger partial charge >= 0.3 is 6.03 Å². The molecular formula is C31H35FN4O5. The van der Waals surface area contributed by atoms with Crippen LogP contribution in [0.1, 0.15) is 29.8 Å². The first-order valence-electron chi connectivity index (χ1n) is 13.5. The molecule has 0 unspecified atom stereocenters. The van der Waals surface area contributed by atoms with E-state index < -0.39 is 24.0 Å². The standard InChI is InChI=1S/C31H35FN4O5/c1-20-17-36(21(2)19-37)30(39)26-16-25(33-29(38)15-22-7-5-4-6-8-22)13-14-27(26)41-28(20)18-35(3)31(40)34-24-11-9-23(32)10-12-24/h4-14,16,20-21,28,37H,15,17-19H2,1-3H3,(H,33,38)(H,34,40)/t20-,21+,28-/m1/s1. The van der Waals surface area contributed by atoms with Crippen LogP contribution in [0.3, 0.4) is 0 Å². The van der Waals surface area contributed by atoms with Crippen LogP contribution in [0.4, 0.5) is 20.6 Å². The lowest BCUT2D eigenvalue weighted by molar-refractivity contribution is -0.115. The number of hydrogen-bond acceptors (Lipinski definition) is 5. The summed E-state index contributed by atoms with van der Waals surface area (Å²) in [6.45, 7) is 3.92. The van der Waals surface area contributed by atoms with Crippen molar-refractivity contribution >= 4 is 29.2 Å². The van der Waals surface area contributed by atoms with E-state index in [1.54, 1.807) is 37.1 Å². The van der Waals surface area contributed by atoms with Gasteiger partial charge in [0.15, 0.2) is 0 Å². The molecule has 3 atom stereocenters. The molecule has 0 saturated heterocycles. The van der Waals surface area contributed by atoms with E-state index in [1.807, 2.05) is 37.3 Å². The number of aliphatic hydroxyl groups is 1. The highest BCUT2D eigenvalue weighted by atomic mass is 19.1. The molecule has 0 aromatic heterocycles. The molecule has 0 spiro atoms. The molecule has 9 nitrogen and oxygen atoms in total. The predicted molar refractivity (Wildman–Crippen MR) is 154 cm³/mol. The van der Waals surface area contributed by atoms with Crippen molar-refractivity contribution in [1.29, 1.82) is 0 Å². The first-order chi connectivity index (χ1) is 19.6. The Hall–Kier alpha value is -4.44. The van der Waals surface area contributed by atoms with Gasteiger partial charge in [0.25, 0.3) is 5.91 Å². The van der Waals surface area contributed by atoms with E-state index >= 15 is 0 Å². The summed E-state index contributed by atoms with van der Waals surface area (Å²) in [6.07, 6.45) is -0.320. The maximum Gasteiger partial charge on any atom is 0.321 e. The van der Waals surface area contributed by atoms with E-state index in [-0.39, 0.29) is 49.4 Å². The summed E-state index contributed by atoms with van der Waals surface area (Å²) in [5.41, 5.74) is 2.01. The van der Waals surface area contributed by atoms with Crippen LogP contribution in [0.25, 0.3) is 0 Å². The number of likely N-dealkylation sites (N-methyl/N-ethyl adjacent to an activating group) is 1. The van der Waals surface area contributed by atoms with Crippen molar-refractivity contribution in [3.05, 3.63) is 89.7 Å². The van der Waals surface area contributed by atoms with Gasteiger partial charge in [-0.25, -0.2) is 9.18 Å². The SMILES string of the molecule is C[C@@H]1CN([C@@H](C)CO)C(=O)c2cc(NC(=O)Cc3ccccc3)ccc2O[C@@H]1CN(C)C(=O)Nc1ccc(F)cc1. The van der Waals surface area contributed by atoms with Gasteiger partial charge < -0.3 is 30.3 Å². The normalized spacial score (nSPS) is 17.4. The lowest BCUT2D eigenvalue weighted by Gasteiger charge is -2.38. The molecule has 0 fully saturated rings. The van der Waals surface area contributed by atoms with Crippen molar-refractivity contribution in [2.24, 2.45) is 5.92 Å². The Morgan fingerprint density at radius 1 is 1.07 bits per heavy atom. The quantitative estimate of drug-likeness (QED) is 0.377. The Bertz CT molecular complexity index is 1370. The second-order valence-electron chi connectivity index (χ2n) is 10.4. The molecule has 10 heteroatoms. The second-order valence-corrected chi connectivity index (χ2v) is 10.4. The third-order valence-electron chi connectivity index (χ3n) is 7.05. The van der Waals surface area contributed by atoms with Crippen LogP contribution in [-0.4, -0.2) is 71.6 Å². The summed E-state index contributed by atoms with van der Waals surface area (Å²) >= 11 is 0. The number of fused-ring (bicyclic) bond motifs is 1. The Balaban J connectivity index is 1.54. The van der Waals surface area contributed by atoms with Crippen LogP contribution >= 0.6 is 0 Å². The molecule has 0 saturated carbocycles. The zero-order chi connectivity index (χ0) is 29.5. The average molecular weight is 563 g/mol. The van der Waals surface area contributed by atoms with Crippen molar-refractivity contribution < 1.29 is 28.6 Å². The molecule has 216 valence electrons. The van der Waals surface area contributed by atoms with Gasteiger partial charge in [0.2, 0.25) is 5.91 Å². The Kier molecular flexibility index (Phi) is 9.57. The number of nitrogens with zero attached hydrogens (tertiary/aromatic N) is 2. The maximum absolute atomic E-state index is 13.6. The summed E-state index contributed by atoms with van der Waals surface area (Å²) < 4.78 is 19.6. The van der Waals surface area contributed by atoms with Crippen LogP contribution in [0.2, 0.25) is 0 Å². The van der Waals surface area contributed by atoms with Crippen LogP contribution in [0.5, 0.6) is 5.75 Å². The van der Waals surface area contributed by atoms with E-state index in [4.69, 9.17) is 4.74 Å². The average Bonchev–Trinajstić information content (AvgIpc) is 2.96. The lowest BCUT2D eigenvalue weighted by Crippen LogP contribution is -2.50. The van der Waals surface area contributed by atoms with E-state index in [2.05, 4.69) is 10.6 Å². The van der Waals surface area contributed by atoms with E-state index in [0.29, 0.717) is 17.1 Å². The number of carbonyl (C=O) groups excluding carboxylic acids is 3. The smallest absolute Gasteiger partial charge is 0.321 e. The number of urea groups is 1. The highest BCUT2D eigenvalue weighted by Gasteiger charge is 2.34. The van der Waals surface area contributed by atoms with Gasteiger partial charge in [0.05, 0.1) is 31.2 Å². The molecule has 1 heterocycles. The maximum atomic E-state index is 13.6. The van der Waals surface area contributed by atoms with E-state index in [0.717, 1.165) is 5.56 Å². The number of rotatable bonds is 8. The molecule has 1 aliphatic heterocycles. The lowest BCUT2D eigenvalue weighted by atomic mass is 9.99. The highest BCUT2D eigenvalue weighted by molar-refractivity contribution is 6.00. The predicted octanol–water partition coefficient (Wildman–Crippen LogP) is 4.39. The van der Waals surface area contributed by atoms with Crippen LogP contribution in [0.15, 0.2) is 72.8 Å². The fourth-order valence-corrected chi connectivity index (χ4v) is 4.61. The minimum Gasteiger partial charge on any atom is -0.487 e. The monoisotopic (exact) mass is 562 g/mol.